The molecule has 94 valence electrons. The fourth-order valence-electron chi connectivity index (χ4n) is 1.79. The van der Waals surface area contributed by atoms with Crippen LogP contribution in [0.3, 0.4) is 0 Å². The third-order valence-corrected chi connectivity index (χ3v) is 3.94. The molecule has 0 bridgehead atoms. The number of carbonyl (C=O) groups is 1. The maximum absolute atomic E-state index is 12.1. The molecule has 0 atom stereocenters. The van der Waals surface area contributed by atoms with Gasteiger partial charge in [0.05, 0.1) is 6.54 Å². The molecule has 17 heavy (non-hydrogen) atoms. The van der Waals surface area contributed by atoms with Gasteiger partial charge < -0.3 is 0 Å². The number of hydrogen-bond donors (Lipinski definition) is 0. The van der Waals surface area contributed by atoms with Crippen LogP contribution in [0.15, 0.2) is 16.8 Å². The largest absolute Gasteiger partial charge is 0.298 e. The Morgan fingerprint density at radius 1 is 1.47 bits per heavy atom. The predicted octanol–water partition coefficient (Wildman–Crippen LogP) is 3.33. The first-order valence-electron chi connectivity index (χ1n) is 6.25. The molecular formula is C14H21NOS. The van der Waals surface area contributed by atoms with Crippen LogP contribution in [0, 0.1) is 5.41 Å². The molecule has 0 saturated heterocycles. The van der Waals surface area contributed by atoms with E-state index in [4.69, 9.17) is 0 Å². The third kappa shape index (κ3) is 3.65. The summed E-state index contributed by atoms with van der Waals surface area (Å²) >= 11 is 1.73. The zero-order chi connectivity index (χ0) is 12.5. The molecule has 1 saturated carbocycles. The van der Waals surface area contributed by atoms with Gasteiger partial charge in [0.15, 0.2) is 5.78 Å². The molecular weight excluding hydrogens is 230 g/mol. The lowest BCUT2D eigenvalue weighted by Gasteiger charge is -2.25. The Morgan fingerprint density at radius 3 is 2.65 bits per heavy atom. The molecule has 0 amide bonds. The summed E-state index contributed by atoms with van der Waals surface area (Å²) < 4.78 is 0. The first-order chi connectivity index (χ1) is 7.97. The summed E-state index contributed by atoms with van der Waals surface area (Å²) in [6.07, 6.45) is 2.50. The van der Waals surface area contributed by atoms with Crippen LogP contribution in [0.1, 0.15) is 39.2 Å². The van der Waals surface area contributed by atoms with Gasteiger partial charge in [0, 0.05) is 18.0 Å². The first-order valence-corrected chi connectivity index (χ1v) is 7.19. The third-order valence-electron chi connectivity index (χ3n) is 3.21. The lowest BCUT2D eigenvalue weighted by molar-refractivity contribution is -0.127. The van der Waals surface area contributed by atoms with Gasteiger partial charge in [-0.1, -0.05) is 20.8 Å². The van der Waals surface area contributed by atoms with Crippen LogP contribution in [0.5, 0.6) is 0 Å². The second-order valence-electron chi connectivity index (χ2n) is 5.94. The fraction of sp³-hybridized carbons (Fsp3) is 0.643. The van der Waals surface area contributed by atoms with E-state index in [9.17, 15) is 4.79 Å². The normalized spacial score (nSPS) is 16.5. The highest BCUT2D eigenvalue weighted by Gasteiger charge is 2.32. The Labute approximate surface area is 108 Å². The Morgan fingerprint density at radius 2 is 2.18 bits per heavy atom. The molecule has 0 spiro atoms. The fourth-order valence-corrected chi connectivity index (χ4v) is 2.45. The Hall–Kier alpha value is -0.670. The first kappa shape index (κ1) is 12.8. The van der Waals surface area contributed by atoms with E-state index in [1.165, 1.54) is 18.4 Å². The van der Waals surface area contributed by atoms with Gasteiger partial charge in [-0.2, -0.15) is 11.3 Å². The molecule has 1 fully saturated rings. The number of nitrogens with zero attached hydrogens (tertiary/aromatic N) is 1. The van der Waals surface area contributed by atoms with Crippen molar-refractivity contribution < 1.29 is 4.79 Å². The van der Waals surface area contributed by atoms with Gasteiger partial charge >= 0.3 is 0 Å². The topological polar surface area (TPSA) is 20.3 Å². The minimum Gasteiger partial charge on any atom is -0.298 e. The molecule has 2 nitrogen and oxygen atoms in total. The molecule has 3 heteroatoms. The monoisotopic (exact) mass is 251 g/mol. The quantitative estimate of drug-likeness (QED) is 0.800. The van der Waals surface area contributed by atoms with Crippen LogP contribution in [0.25, 0.3) is 0 Å². The van der Waals surface area contributed by atoms with Crippen LogP contribution in [0.2, 0.25) is 0 Å². The molecule has 1 aromatic heterocycles. The molecule has 1 aliphatic rings. The van der Waals surface area contributed by atoms with Crippen molar-refractivity contribution in [2.24, 2.45) is 5.41 Å². The molecule has 1 aromatic rings. The van der Waals surface area contributed by atoms with Crippen LogP contribution in [0.4, 0.5) is 0 Å². The summed E-state index contributed by atoms with van der Waals surface area (Å²) in [5, 5.41) is 4.28. The smallest absolute Gasteiger partial charge is 0.152 e. The van der Waals surface area contributed by atoms with Gasteiger partial charge in [0.1, 0.15) is 0 Å². The van der Waals surface area contributed by atoms with Crippen LogP contribution in [-0.4, -0.2) is 23.3 Å². The summed E-state index contributed by atoms with van der Waals surface area (Å²) in [4.78, 5) is 14.4. The van der Waals surface area contributed by atoms with Crippen molar-refractivity contribution in [3.63, 3.8) is 0 Å². The lowest BCUT2D eigenvalue weighted by Crippen LogP contribution is -2.36. The number of ketones is 1. The molecule has 1 aliphatic carbocycles. The molecule has 0 aromatic carbocycles. The van der Waals surface area contributed by atoms with Crippen molar-refractivity contribution in [3.8, 4) is 0 Å². The second-order valence-corrected chi connectivity index (χ2v) is 6.72. The molecule has 2 rings (SSSR count). The lowest BCUT2D eigenvalue weighted by atomic mass is 9.90. The van der Waals surface area contributed by atoms with Crippen LogP contribution in [-0.2, 0) is 11.3 Å². The average molecular weight is 251 g/mol. The van der Waals surface area contributed by atoms with Crippen molar-refractivity contribution in [2.45, 2.75) is 46.2 Å². The van der Waals surface area contributed by atoms with E-state index in [2.05, 4.69) is 21.7 Å². The molecule has 0 N–H and O–H groups in total. The summed E-state index contributed by atoms with van der Waals surface area (Å²) in [7, 11) is 0. The number of rotatable bonds is 5. The van der Waals surface area contributed by atoms with Gasteiger partial charge in [-0.3, -0.25) is 9.69 Å². The number of carbonyl (C=O) groups excluding carboxylic acids is 1. The Balaban J connectivity index is 1.96. The maximum Gasteiger partial charge on any atom is 0.152 e. The van der Waals surface area contributed by atoms with Crippen molar-refractivity contribution in [2.75, 3.05) is 6.54 Å². The average Bonchev–Trinajstić information content (AvgIpc) is 2.95. The van der Waals surface area contributed by atoms with E-state index in [1.54, 1.807) is 11.3 Å². The zero-order valence-electron chi connectivity index (χ0n) is 10.9. The summed E-state index contributed by atoms with van der Waals surface area (Å²) in [5.74, 6) is 0.347. The van der Waals surface area contributed by atoms with Crippen molar-refractivity contribution >= 4 is 17.1 Å². The van der Waals surface area contributed by atoms with Crippen molar-refractivity contribution in [1.82, 2.24) is 4.90 Å². The van der Waals surface area contributed by atoms with E-state index in [1.807, 2.05) is 20.8 Å². The van der Waals surface area contributed by atoms with E-state index in [0.717, 1.165) is 6.54 Å². The van der Waals surface area contributed by atoms with Gasteiger partial charge in [0.2, 0.25) is 0 Å². The van der Waals surface area contributed by atoms with Gasteiger partial charge in [-0.15, -0.1) is 0 Å². The molecule has 0 radical (unpaired) electrons. The number of thiophene rings is 1. The summed E-state index contributed by atoms with van der Waals surface area (Å²) in [5.41, 5.74) is 1.12. The van der Waals surface area contributed by atoms with Crippen LogP contribution < -0.4 is 0 Å². The second kappa shape index (κ2) is 4.91. The van der Waals surface area contributed by atoms with E-state index in [-0.39, 0.29) is 5.41 Å². The zero-order valence-corrected chi connectivity index (χ0v) is 11.7. The predicted molar refractivity (Wildman–Crippen MR) is 72.2 cm³/mol. The standard InChI is InChI=1S/C14H21NOS/c1-14(2,3)13(16)9-15(12-4-5-12)8-11-6-7-17-10-11/h6-7,10,12H,4-5,8-9H2,1-3H3. The Bertz CT molecular complexity index is 373. The highest BCUT2D eigenvalue weighted by Crippen LogP contribution is 2.29. The SMILES string of the molecule is CC(C)(C)C(=O)CN(Cc1ccsc1)C1CC1. The van der Waals surface area contributed by atoms with Gasteiger partial charge in [0.25, 0.3) is 0 Å². The van der Waals surface area contributed by atoms with Crippen LogP contribution >= 0.6 is 11.3 Å². The number of hydrogen-bond acceptors (Lipinski definition) is 3. The summed E-state index contributed by atoms with van der Waals surface area (Å²) in [6.45, 7) is 7.54. The molecule has 0 aliphatic heterocycles. The minimum atomic E-state index is -0.220. The van der Waals surface area contributed by atoms with E-state index < -0.39 is 0 Å². The molecule has 1 heterocycles. The van der Waals surface area contributed by atoms with E-state index in [0.29, 0.717) is 18.4 Å². The van der Waals surface area contributed by atoms with E-state index >= 15 is 0 Å². The van der Waals surface area contributed by atoms with Crippen molar-refractivity contribution in [1.29, 1.82) is 0 Å². The minimum absolute atomic E-state index is 0.220. The van der Waals surface area contributed by atoms with Gasteiger partial charge in [-0.25, -0.2) is 0 Å². The highest BCUT2D eigenvalue weighted by atomic mass is 32.1. The molecule has 0 unspecified atom stereocenters. The highest BCUT2D eigenvalue weighted by molar-refractivity contribution is 7.07. The van der Waals surface area contributed by atoms with Gasteiger partial charge in [-0.05, 0) is 35.2 Å². The van der Waals surface area contributed by atoms with Crippen molar-refractivity contribution in [3.05, 3.63) is 22.4 Å². The number of Topliss-reactive ketones (excluding diaryl/α,β-unsaturated/α-hetero) is 1. The summed E-state index contributed by atoms with van der Waals surface area (Å²) in [6, 6.07) is 2.79. The maximum atomic E-state index is 12.1. The Kier molecular flexibility index (Phi) is 3.69.